The number of thiazole rings is 1. The molecule has 1 aliphatic heterocycles. The van der Waals surface area contributed by atoms with Gasteiger partial charge in [-0.25, -0.2) is 9.78 Å². The second kappa shape index (κ2) is 5.50. The van der Waals surface area contributed by atoms with Crippen LogP contribution in [0.4, 0.5) is 0 Å². The first kappa shape index (κ1) is 14.1. The Bertz CT molecular complexity index is 736. The summed E-state index contributed by atoms with van der Waals surface area (Å²) in [4.78, 5) is 29.5. The van der Waals surface area contributed by atoms with Gasteiger partial charge in [0.25, 0.3) is 0 Å². The topological polar surface area (TPSA) is 74.9 Å². The second-order valence-corrected chi connectivity index (χ2v) is 5.94. The molecule has 6 nitrogen and oxygen atoms in total. The molecule has 1 N–H and O–H groups in total. The summed E-state index contributed by atoms with van der Waals surface area (Å²) in [7, 11) is 0. The molecule has 110 valence electrons. The van der Waals surface area contributed by atoms with E-state index in [1.165, 1.54) is 22.3 Å². The lowest BCUT2D eigenvalue weighted by atomic mass is 10.2. The van der Waals surface area contributed by atoms with Crippen molar-refractivity contribution in [2.45, 2.75) is 18.9 Å². The van der Waals surface area contributed by atoms with Crippen LogP contribution in [0.3, 0.4) is 0 Å². The van der Waals surface area contributed by atoms with E-state index in [4.69, 9.17) is 16.7 Å². The highest BCUT2D eigenvalue weighted by Gasteiger charge is 2.32. The molecule has 0 spiro atoms. The van der Waals surface area contributed by atoms with Gasteiger partial charge in [-0.2, -0.15) is 0 Å². The van der Waals surface area contributed by atoms with Crippen molar-refractivity contribution in [2.75, 3.05) is 6.54 Å². The third kappa shape index (κ3) is 2.54. The van der Waals surface area contributed by atoms with Crippen LogP contribution in [0.1, 0.15) is 18.5 Å². The smallest absolute Gasteiger partial charge is 0.326 e. The highest BCUT2D eigenvalue weighted by atomic mass is 35.5. The van der Waals surface area contributed by atoms with Crippen LogP contribution in [0.25, 0.3) is 11.0 Å². The molecule has 0 bridgehead atoms. The number of halogens is 1. The number of carboxylic acids is 1. The SMILES string of the molecule is O=C(O)C1CCCN1C(=O)/C=C/c1c(Cl)nc2sccn12. The molecule has 21 heavy (non-hydrogen) atoms. The van der Waals surface area contributed by atoms with Crippen LogP contribution < -0.4 is 0 Å². The Kier molecular flexibility index (Phi) is 3.69. The van der Waals surface area contributed by atoms with E-state index in [9.17, 15) is 9.59 Å². The van der Waals surface area contributed by atoms with Gasteiger partial charge in [0.1, 0.15) is 6.04 Å². The Balaban J connectivity index is 1.82. The van der Waals surface area contributed by atoms with Crippen LogP contribution >= 0.6 is 22.9 Å². The number of fused-ring (bicyclic) bond motifs is 1. The van der Waals surface area contributed by atoms with Crippen molar-refractivity contribution in [1.82, 2.24) is 14.3 Å². The van der Waals surface area contributed by atoms with Crippen LogP contribution in [-0.2, 0) is 9.59 Å². The number of amides is 1. The third-order valence-corrected chi connectivity index (χ3v) is 4.49. The maximum absolute atomic E-state index is 12.1. The van der Waals surface area contributed by atoms with Crippen LogP contribution in [-0.4, -0.2) is 43.9 Å². The number of hydrogen-bond donors (Lipinski definition) is 1. The molecule has 3 rings (SSSR count). The van der Waals surface area contributed by atoms with Gasteiger partial charge < -0.3 is 10.0 Å². The molecule has 1 atom stereocenters. The molecule has 2 aromatic rings. The molecule has 3 heterocycles. The van der Waals surface area contributed by atoms with E-state index in [0.29, 0.717) is 30.2 Å². The lowest BCUT2D eigenvalue weighted by Crippen LogP contribution is -2.39. The van der Waals surface area contributed by atoms with Crippen molar-refractivity contribution in [3.8, 4) is 0 Å². The van der Waals surface area contributed by atoms with Gasteiger partial charge in [-0.05, 0) is 18.9 Å². The molecular weight excluding hydrogens is 314 g/mol. The molecule has 0 saturated carbocycles. The lowest BCUT2D eigenvalue weighted by Gasteiger charge is -2.19. The number of nitrogens with zero attached hydrogens (tertiary/aromatic N) is 3. The van der Waals surface area contributed by atoms with E-state index in [1.807, 2.05) is 11.6 Å². The number of carbonyl (C=O) groups is 2. The zero-order chi connectivity index (χ0) is 15.0. The number of rotatable bonds is 3. The first-order valence-corrected chi connectivity index (χ1v) is 7.66. The predicted octanol–water partition coefficient (Wildman–Crippen LogP) is 2.14. The Morgan fingerprint density at radius 2 is 2.33 bits per heavy atom. The summed E-state index contributed by atoms with van der Waals surface area (Å²) >= 11 is 7.48. The summed E-state index contributed by atoms with van der Waals surface area (Å²) in [5.74, 6) is -1.28. The van der Waals surface area contributed by atoms with Crippen LogP contribution in [0.2, 0.25) is 5.15 Å². The van der Waals surface area contributed by atoms with E-state index < -0.39 is 12.0 Å². The fraction of sp³-hybridized carbons (Fsp3) is 0.308. The normalized spacial score (nSPS) is 18.9. The highest BCUT2D eigenvalue weighted by Crippen LogP contribution is 2.23. The maximum atomic E-state index is 12.1. The van der Waals surface area contributed by atoms with Gasteiger partial charge in [0, 0.05) is 24.2 Å². The highest BCUT2D eigenvalue weighted by molar-refractivity contribution is 7.15. The average molecular weight is 326 g/mol. The number of aromatic nitrogens is 2. The zero-order valence-corrected chi connectivity index (χ0v) is 12.5. The quantitative estimate of drug-likeness (QED) is 0.877. The first-order chi connectivity index (χ1) is 10.1. The number of likely N-dealkylation sites (tertiary alicyclic amines) is 1. The largest absolute Gasteiger partial charge is 0.480 e. The third-order valence-electron chi connectivity index (χ3n) is 3.46. The number of carboxylic acid groups (broad SMARTS) is 1. The molecule has 2 aromatic heterocycles. The molecule has 1 unspecified atom stereocenters. The van der Waals surface area contributed by atoms with E-state index >= 15 is 0 Å². The van der Waals surface area contributed by atoms with Gasteiger partial charge in [0.2, 0.25) is 5.91 Å². The van der Waals surface area contributed by atoms with E-state index in [1.54, 1.807) is 10.5 Å². The van der Waals surface area contributed by atoms with Gasteiger partial charge >= 0.3 is 5.97 Å². The minimum atomic E-state index is -0.961. The van der Waals surface area contributed by atoms with Crippen LogP contribution in [0, 0.1) is 0 Å². The van der Waals surface area contributed by atoms with Gasteiger partial charge in [-0.1, -0.05) is 11.6 Å². The summed E-state index contributed by atoms with van der Waals surface area (Å²) in [5.41, 5.74) is 0.618. The fourth-order valence-electron chi connectivity index (χ4n) is 2.46. The summed E-state index contributed by atoms with van der Waals surface area (Å²) in [5, 5.41) is 11.3. The minimum absolute atomic E-state index is 0.318. The fourth-order valence-corrected chi connectivity index (χ4v) is 3.46. The Labute approximate surface area is 129 Å². The van der Waals surface area contributed by atoms with Gasteiger partial charge in [0.15, 0.2) is 10.1 Å². The Morgan fingerprint density at radius 1 is 1.52 bits per heavy atom. The number of carbonyl (C=O) groups excluding carboxylic acids is 1. The van der Waals surface area contributed by atoms with Gasteiger partial charge in [-0.15, -0.1) is 11.3 Å². The van der Waals surface area contributed by atoms with Crippen LogP contribution in [0.15, 0.2) is 17.7 Å². The summed E-state index contributed by atoms with van der Waals surface area (Å²) < 4.78 is 1.79. The summed E-state index contributed by atoms with van der Waals surface area (Å²) in [6.45, 7) is 0.466. The lowest BCUT2D eigenvalue weighted by molar-refractivity contribution is -0.146. The first-order valence-electron chi connectivity index (χ1n) is 6.40. The van der Waals surface area contributed by atoms with Crippen molar-refractivity contribution in [1.29, 1.82) is 0 Å². The standard InChI is InChI=1S/C13H12ClN3O3S/c14-11-8(17-6-7-21-13(17)15-11)3-4-10(18)16-5-1-2-9(16)12(19)20/h3-4,6-7,9H,1-2,5H2,(H,19,20)/b4-3+. The van der Waals surface area contributed by atoms with Gasteiger partial charge in [-0.3, -0.25) is 9.20 Å². The van der Waals surface area contributed by atoms with Crippen molar-refractivity contribution in [3.05, 3.63) is 28.5 Å². The van der Waals surface area contributed by atoms with E-state index in [2.05, 4.69) is 4.98 Å². The molecule has 8 heteroatoms. The van der Waals surface area contributed by atoms with Crippen molar-refractivity contribution in [3.63, 3.8) is 0 Å². The van der Waals surface area contributed by atoms with Crippen molar-refractivity contribution >= 4 is 45.9 Å². The number of aliphatic carboxylic acids is 1. The summed E-state index contributed by atoms with van der Waals surface area (Å²) in [6.07, 6.45) is 5.96. The van der Waals surface area contributed by atoms with Crippen molar-refractivity contribution in [2.24, 2.45) is 0 Å². The second-order valence-electron chi connectivity index (χ2n) is 4.70. The van der Waals surface area contributed by atoms with E-state index in [-0.39, 0.29) is 5.91 Å². The number of hydrogen-bond acceptors (Lipinski definition) is 4. The average Bonchev–Trinajstić information content (AvgIpc) is 3.11. The molecule has 1 aliphatic rings. The zero-order valence-electron chi connectivity index (χ0n) is 10.9. The van der Waals surface area contributed by atoms with E-state index in [0.717, 1.165) is 4.96 Å². The van der Waals surface area contributed by atoms with Crippen LogP contribution in [0.5, 0.6) is 0 Å². The predicted molar refractivity (Wildman–Crippen MR) is 79.5 cm³/mol. The van der Waals surface area contributed by atoms with Crippen molar-refractivity contribution < 1.29 is 14.7 Å². The molecule has 1 saturated heterocycles. The minimum Gasteiger partial charge on any atom is -0.480 e. The summed E-state index contributed by atoms with van der Waals surface area (Å²) in [6, 6.07) is -0.732. The monoisotopic (exact) mass is 325 g/mol. The Hall–Kier alpha value is -1.86. The van der Waals surface area contributed by atoms with Gasteiger partial charge in [0.05, 0.1) is 5.69 Å². The number of imidazole rings is 1. The molecular formula is C13H12ClN3O3S. The molecule has 1 fully saturated rings. The molecule has 0 aromatic carbocycles. The molecule has 0 radical (unpaired) electrons. The molecule has 1 amide bonds. The molecule has 0 aliphatic carbocycles. The Morgan fingerprint density at radius 3 is 3.10 bits per heavy atom. The maximum Gasteiger partial charge on any atom is 0.326 e.